The summed E-state index contributed by atoms with van der Waals surface area (Å²) < 4.78 is 4.70. The van der Waals surface area contributed by atoms with Gasteiger partial charge in [0.1, 0.15) is 12.1 Å². The minimum Gasteiger partial charge on any atom is -0.363 e. The molecular weight excluding hydrogens is 284 g/mol. The minimum absolute atomic E-state index is 0.152. The van der Waals surface area contributed by atoms with E-state index in [1.165, 1.54) is 6.26 Å². The first-order valence-electron chi connectivity index (χ1n) is 7.15. The number of amides is 2. The van der Waals surface area contributed by atoms with Crippen LogP contribution in [-0.2, 0) is 6.54 Å². The third-order valence-electron chi connectivity index (χ3n) is 3.76. The molecule has 3 heterocycles. The highest BCUT2D eigenvalue weighted by atomic mass is 16.5. The average molecular weight is 302 g/mol. The molecule has 1 N–H and O–H groups in total. The van der Waals surface area contributed by atoms with Gasteiger partial charge in [0.05, 0.1) is 6.54 Å². The number of nitrogens with zero attached hydrogens (tertiary/aromatic N) is 5. The number of carbonyl (C=O) groups is 1. The SMILES string of the molecule is CN(Cc1ncccn1)C1CCN(C(=O)Nc2ccon2)C1. The maximum Gasteiger partial charge on any atom is 0.323 e. The maximum atomic E-state index is 12.1. The van der Waals surface area contributed by atoms with Crippen LogP contribution in [-0.4, -0.2) is 57.1 Å². The number of likely N-dealkylation sites (N-methyl/N-ethyl adjacent to an activating group) is 1. The van der Waals surface area contributed by atoms with Gasteiger partial charge in [0.15, 0.2) is 5.82 Å². The van der Waals surface area contributed by atoms with Gasteiger partial charge in [-0.2, -0.15) is 0 Å². The first kappa shape index (κ1) is 14.5. The molecule has 1 aliphatic heterocycles. The largest absolute Gasteiger partial charge is 0.363 e. The van der Waals surface area contributed by atoms with Gasteiger partial charge in [-0.1, -0.05) is 5.16 Å². The van der Waals surface area contributed by atoms with E-state index in [1.807, 2.05) is 7.05 Å². The standard InChI is InChI=1S/C14H18N6O2/c1-19(10-13-15-5-2-6-16-13)11-3-7-20(9-11)14(21)17-12-4-8-22-18-12/h2,4-6,8,11H,3,7,9-10H2,1H3,(H,17,18,21). The van der Waals surface area contributed by atoms with E-state index in [0.29, 0.717) is 31.5 Å². The summed E-state index contributed by atoms with van der Waals surface area (Å²) in [4.78, 5) is 24.5. The van der Waals surface area contributed by atoms with E-state index in [4.69, 9.17) is 4.52 Å². The average Bonchev–Trinajstić information content (AvgIpc) is 3.19. The number of aromatic nitrogens is 3. The molecule has 8 heteroatoms. The zero-order valence-electron chi connectivity index (χ0n) is 12.3. The summed E-state index contributed by atoms with van der Waals surface area (Å²) in [5, 5.41) is 6.39. The van der Waals surface area contributed by atoms with Crippen LogP contribution in [0.15, 0.2) is 35.3 Å². The number of likely N-dealkylation sites (tertiary alicyclic amines) is 1. The number of hydrogen-bond acceptors (Lipinski definition) is 6. The van der Waals surface area contributed by atoms with Gasteiger partial charge in [-0.05, 0) is 19.5 Å². The first-order valence-corrected chi connectivity index (χ1v) is 7.15. The molecule has 1 aliphatic rings. The maximum absolute atomic E-state index is 12.1. The van der Waals surface area contributed by atoms with Crippen molar-refractivity contribution in [2.24, 2.45) is 0 Å². The number of rotatable bonds is 4. The molecule has 0 spiro atoms. The van der Waals surface area contributed by atoms with Gasteiger partial charge >= 0.3 is 6.03 Å². The lowest BCUT2D eigenvalue weighted by Gasteiger charge is -2.23. The first-order chi connectivity index (χ1) is 10.7. The Morgan fingerprint density at radius 3 is 3.05 bits per heavy atom. The lowest BCUT2D eigenvalue weighted by molar-refractivity contribution is 0.206. The highest BCUT2D eigenvalue weighted by Crippen LogP contribution is 2.17. The molecule has 1 fully saturated rings. The van der Waals surface area contributed by atoms with E-state index >= 15 is 0 Å². The van der Waals surface area contributed by atoms with Crippen molar-refractivity contribution in [3.8, 4) is 0 Å². The van der Waals surface area contributed by atoms with Gasteiger partial charge in [0.2, 0.25) is 0 Å². The summed E-state index contributed by atoms with van der Waals surface area (Å²) in [7, 11) is 2.03. The van der Waals surface area contributed by atoms with Crippen LogP contribution in [0, 0.1) is 0 Å². The van der Waals surface area contributed by atoms with Crippen LogP contribution in [0.3, 0.4) is 0 Å². The predicted octanol–water partition coefficient (Wildman–Crippen LogP) is 1.20. The van der Waals surface area contributed by atoms with Crippen molar-refractivity contribution in [3.63, 3.8) is 0 Å². The Kier molecular flexibility index (Phi) is 4.29. The molecule has 0 bridgehead atoms. The number of nitrogens with one attached hydrogen (secondary N) is 1. The minimum atomic E-state index is -0.152. The molecule has 1 atom stereocenters. The summed E-state index contributed by atoms with van der Waals surface area (Å²) in [5.41, 5.74) is 0. The quantitative estimate of drug-likeness (QED) is 0.913. The zero-order valence-corrected chi connectivity index (χ0v) is 12.3. The van der Waals surface area contributed by atoms with Crippen molar-refractivity contribution < 1.29 is 9.32 Å². The van der Waals surface area contributed by atoms with Crippen LogP contribution in [0.1, 0.15) is 12.2 Å². The van der Waals surface area contributed by atoms with E-state index in [0.717, 1.165) is 12.2 Å². The molecule has 1 unspecified atom stereocenters. The van der Waals surface area contributed by atoms with E-state index in [9.17, 15) is 4.79 Å². The van der Waals surface area contributed by atoms with Crippen molar-refractivity contribution in [1.82, 2.24) is 24.9 Å². The number of urea groups is 1. The fourth-order valence-corrected chi connectivity index (χ4v) is 2.52. The molecule has 116 valence electrons. The molecule has 0 saturated carbocycles. The third-order valence-corrected chi connectivity index (χ3v) is 3.76. The molecule has 2 aromatic heterocycles. The van der Waals surface area contributed by atoms with Crippen molar-refractivity contribution in [1.29, 1.82) is 0 Å². The molecule has 2 aromatic rings. The van der Waals surface area contributed by atoms with E-state index in [2.05, 4.69) is 25.3 Å². The second-order valence-corrected chi connectivity index (χ2v) is 5.28. The Morgan fingerprint density at radius 2 is 2.32 bits per heavy atom. The van der Waals surface area contributed by atoms with Gasteiger partial charge in [-0.3, -0.25) is 10.2 Å². The Hall–Kier alpha value is -2.48. The monoisotopic (exact) mass is 302 g/mol. The molecule has 0 aliphatic carbocycles. The Bertz CT molecular complexity index is 603. The highest BCUT2D eigenvalue weighted by Gasteiger charge is 2.29. The normalized spacial score (nSPS) is 17.9. The molecular formula is C14H18N6O2. The fraction of sp³-hybridized carbons (Fsp3) is 0.429. The van der Waals surface area contributed by atoms with Crippen molar-refractivity contribution in [3.05, 3.63) is 36.6 Å². The summed E-state index contributed by atoms with van der Waals surface area (Å²) >= 11 is 0. The number of hydrogen-bond donors (Lipinski definition) is 1. The number of carbonyl (C=O) groups excluding carboxylic acids is 1. The lowest BCUT2D eigenvalue weighted by Crippen LogP contribution is -2.38. The topological polar surface area (TPSA) is 87.4 Å². The van der Waals surface area contributed by atoms with Crippen LogP contribution in [0.4, 0.5) is 10.6 Å². The molecule has 3 rings (SSSR count). The molecule has 22 heavy (non-hydrogen) atoms. The van der Waals surface area contributed by atoms with Crippen LogP contribution < -0.4 is 5.32 Å². The molecule has 8 nitrogen and oxygen atoms in total. The Balaban J connectivity index is 1.52. The van der Waals surface area contributed by atoms with Gasteiger partial charge in [-0.25, -0.2) is 14.8 Å². The van der Waals surface area contributed by atoms with Crippen LogP contribution in [0.5, 0.6) is 0 Å². The summed E-state index contributed by atoms with van der Waals surface area (Å²) in [5.74, 6) is 1.22. The van der Waals surface area contributed by atoms with Crippen LogP contribution >= 0.6 is 0 Å². The summed E-state index contributed by atoms with van der Waals surface area (Å²) in [6.45, 7) is 2.06. The van der Waals surface area contributed by atoms with Gasteiger partial charge in [-0.15, -0.1) is 0 Å². The zero-order chi connectivity index (χ0) is 15.4. The number of anilines is 1. The van der Waals surface area contributed by atoms with Crippen molar-refractivity contribution in [2.75, 3.05) is 25.5 Å². The van der Waals surface area contributed by atoms with Gasteiger partial charge in [0, 0.05) is 37.6 Å². The van der Waals surface area contributed by atoms with Crippen LogP contribution in [0.2, 0.25) is 0 Å². The second-order valence-electron chi connectivity index (χ2n) is 5.28. The second kappa shape index (κ2) is 6.52. The third kappa shape index (κ3) is 3.40. The van der Waals surface area contributed by atoms with Crippen molar-refractivity contribution in [2.45, 2.75) is 19.0 Å². The summed E-state index contributed by atoms with van der Waals surface area (Å²) in [6, 6.07) is 3.56. The predicted molar refractivity (Wildman–Crippen MR) is 79.0 cm³/mol. The van der Waals surface area contributed by atoms with E-state index in [1.54, 1.807) is 29.4 Å². The lowest BCUT2D eigenvalue weighted by atomic mass is 10.2. The fourth-order valence-electron chi connectivity index (χ4n) is 2.52. The summed E-state index contributed by atoms with van der Waals surface area (Å²) in [6.07, 6.45) is 5.83. The highest BCUT2D eigenvalue weighted by molar-refractivity contribution is 5.88. The Morgan fingerprint density at radius 1 is 1.50 bits per heavy atom. The Labute approximate surface area is 128 Å². The molecule has 2 amide bonds. The molecule has 0 radical (unpaired) electrons. The van der Waals surface area contributed by atoms with Gasteiger partial charge in [0.25, 0.3) is 0 Å². The van der Waals surface area contributed by atoms with Gasteiger partial charge < -0.3 is 9.42 Å². The van der Waals surface area contributed by atoms with E-state index < -0.39 is 0 Å². The van der Waals surface area contributed by atoms with E-state index in [-0.39, 0.29) is 6.03 Å². The van der Waals surface area contributed by atoms with Crippen molar-refractivity contribution >= 4 is 11.8 Å². The van der Waals surface area contributed by atoms with Crippen LogP contribution in [0.25, 0.3) is 0 Å². The molecule has 0 aromatic carbocycles. The smallest absolute Gasteiger partial charge is 0.323 e. The molecule has 1 saturated heterocycles.